The van der Waals surface area contributed by atoms with E-state index in [9.17, 15) is 9.50 Å². The zero-order valence-electron chi connectivity index (χ0n) is 12.0. The van der Waals surface area contributed by atoms with Gasteiger partial charge in [0.1, 0.15) is 18.2 Å². The molecule has 1 fully saturated rings. The van der Waals surface area contributed by atoms with E-state index in [1.54, 1.807) is 19.1 Å². The first kappa shape index (κ1) is 15.3. The van der Waals surface area contributed by atoms with Crippen LogP contribution in [0.25, 0.3) is 0 Å². The largest absolute Gasteiger partial charge is 0.491 e. The number of hydrogen-bond acceptors (Lipinski definition) is 3. The molecule has 0 amide bonds. The Labute approximate surface area is 119 Å². The van der Waals surface area contributed by atoms with E-state index in [2.05, 4.69) is 0 Å². The SMILES string of the molecule is CC(N)c1ccc(OCC(O)CC2CCCC2)cc1F. The van der Waals surface area contributed by atoms with Crippen LogP contribution in [0.1, 0.15) is 50.6 Å². The summed E-state index contributed by atoms with van der Waals surface area (Å²) in [5.74, 6) is 0.700. The van der Waals surface area contributed by atoms with Crippen molar-refractivity contribution in [3.8, 4) is 5.75 Å². The second kappa shape index (κ2) is 7.04. The van der Waals surface area contributed by atoms with Crippen LogP contribution in [0.4, 0.5) is 4.39 Å². The van der Waals surface area contributed by atoms with Crippen LogP contribution in [0.5, 0.6) is 5.75 Å². The molecule has 0 heterocycles. The van der Waals surface area contributed by atoms with Crippen molar-refractivity contribution >= 4 is 0 Å². The summed E-state index contributed by atoms with van der Waals surface area (Å²) in [5.41, 5.74) is 6.13. The van der Waals surface area contributed by atoms with Crippen LogP contribution in [0.3, 0.4) is 0 Å². The molecule has 1 aliphatic carbocycles. The van der Waals surface area contributed by atoms with Crippen molar-refractivity contribution in [1.82, 2.24) is 0 Å². The van der Waals surface area contributed by atoms with Crippen LogP contribution in [0.15, 0.2) is 18.2 Å². The van der Waals surface area contributed by atoms with Crippen LogP contribution in [-0.4, -0.2) is 17.8 Å². The lowest BCUT2D eigenvalue weighted by Gasteiger charge is -2.16. The van der Waals surface area contributed by atoms with Crippen LogP contribution in [-0.2, 0) is 0 Å². The van der Waals surface area contributed by atoms with Gasteiger partial charge in [-0.2, -0.15) is 0 Å². The molecule has 1 saturated carbocycles. The summed E-state index contributed by atoms with van der Waals surface area (Å²) in [4.78, 5) is 0. The van der Waals surface area contributed by atoms with Crippen molar-refractivity contribution in [3.63, 3.8) is 0 Å². The number of halogens is 1. The number of rotatable bonds is 6. The molecule has 0 bridgehead atoms. The lowest BCUT2D eigenvalue weighted by molar-refractivity contribution is 0.0853. The molecule has 1 aromatic rings. The Morgan fingerprint density at radius 1 is 1.40 bits per heavy atom. The monoisotopic (exact) mass is 281 g/mol. The van der Waals surface area contributed by atoms with Crippen molar-refractivity contribution in [2.75, 3.05) is 6.61 Å². The summed E-state index contributed by atoms with van der Waals surface area (Å²) < 4.78 is 19.2. The van der Waals surface area contributed by atoms with Crippen LogP contribution >= 0.6 is 0 Å². The van der Waals surface area contributed by atoms with E-state index in [-0.39, 0.29) is 18.5 Å². The number of benzene rings is 1. The van der Waals surface area contributed by atoms with Crippen molar-refractivity contribution in [2.45, 2.75) is 51.2 Å². The van der Waals surface area contributed by atoms with E-state index in [1.807, 2.05) is 0 Å². The Morgan fingerprint density at radius 2 is 2.10 bits per heavy atom. The molecule has 0 spiro atoms. The topological polar surface area (TPSA) is 55.5 Å². The maximum absolute atomic E-state index is 13.7. The number of ether oxygens (including phenoxy) is 1. The van der Waals surface area contributed by atoms with Gasteiger partial charge >= 0.3 is 0 Å². The van der Waals surface area contributed by atoms with Gasteiger partial charge in [0.25, 0.3) is 0 Å². The van der Waals surface area contributed by atoms with Crippen molar-refractivity contribution < 1.29 is 14.2 Å². The molecular formula is C16H24FNO2. The minimum atomic E-state index is -0.478. The van der Waals surface area contributed by atoms with Gasteiger partial charge in [-0.05, 0) is 25.3 Å². The molecule has 4 heteroatoms. The molecular weight excluding hydrogens is 257 g/mol. The first-order valence-corrected chi connectivity index (χ1v) is 7.42. The van der Waals surface area contributed by atoms with Crippen molar-refractivity contribution in [1.29, 1.82) is 0 Å². The fraction of sp³-hybridized carbons (Fsp3) is 0.625. The predicted octanol–water partition coefficient (Wildman–Crippen LogP) is 3.17. The first-order chi connectivity index (χ1) is 9.56. The van der Waals surface area contributed by atoms with Crippen LogP contribution < -0.4 is 10.5 Å². The van der Waals surface area contributed by atoms with Gasteiger partial charge in [-0.1, -0.05) is 31.7 Å². The number of aliphatic hydroxyl groups excluding tert-OH is 1. The van der Waals surface area contributed by atoms with Gasteiger partial charge < -0.3 is 15.6 Å². The summed E-state index contributed by atoms with van der Waals surface area (Å²) in [6.07, 6.45) is 5.24. The quantitative estimate of drug-likeness (QED) is 0.842. The van der Waals surface area contributed by atoms with Crippen molar-refractivity contribution in [2.24, 2.45) is 11.7 Å². The summed E-state index contributed by atoms with van der Waals surface area (Å²) in [6.45, 7) is 1.96. The second-order valence-electron chi connectivity index (χ2n) is 5.82. The number of aliphatic hydroxyl groups is 1. The summed E-state index contributed by atoms with van der Waals surface area (Å²) in [7, 11) is 0. The maximum Gasteiger partial charge on any atom is 0.131 e. The smallest absolute Gasteiger partial charge is 0.131 e. The summed E-state index contributed by atoms with van der Waals surface area (Å²) >= 11 is 0. The zero-order valence-corrected chi connectivity index (χ0v) is 12.0. The van der Waals surface area contributed by atoms with E-state index in [0.717, 1.165) is 6.42 Å². The molecule has 2 atom stereocenters. The van der Waals surface area contributed by atoms with E-state index in [4.69, 9.17) is 10.5 Å². The van der Waals surface area contributed by atoms with E-state index in [1.165, 1.54) is 31.7 Å². The van der Waals surface area contributed by atoms with Crippen molar-refractivity contribution in [3.05, 3.63) is 29.6 Å². The fourth-order valence-corrected chi connectivity index (χ4v) is 2.86. The lowest BCUT2D eigenvalue weighted by Crippen LogP contribution is -2.20. The zero-order chi connectivity index (χ0) is 14.5. The van der Waals surface area contributed by atoms with Gasteiger partial charge in [0.2, 0.25) is 0 Å². The Bertz CT molecular complexity index is 430. The highest BCUT2D eigenvalue weighted by Crippen LogP contribution is 2.28. The van der Waals surface area contributed by atoms with Gasteiger partial charge in [-0.25, -0.2) is 4.39 Å². The minimum Gasteiger partial charge on any atom is -0.491 e. The van der Waals surface area contributed by atoms with Crippen LogP contribution in [0, 0.1) is 11.7 Å². The normalized spacial score (nSPS) is 19.0. The average molecular weight is 281 g/mol. The third-order valence-corrected chi connectivity index (χ3v) is 3.99. The molecule has 0 aromatic heterocycles. The standard InChI is InChI=1S/C16H24FNO2/c1-11(18)15-7-6-14(9-16(15)17)20-10-13(19)8-12-4-2-3-5-12/h6-7,9,11-13,19H,2-5,8,10,18H2,1H3. The van der Waals surface area contributed by atoms with Gasteiger partial charge in [-0.15, -0.1) is 0 Å². The Balaban J connectivity index is 1.82. The third-order valence-electron chi connectivity index (χ3n) is 3.99. The van der Waals surface area contributed by atoms with Crippen LogP contribution in [0.2, 0.25) is 0 Å². The summed E-state index contributed by atoms with van der Waals surface area (Å²) in [6, 6.07) is 4.33. The Morgan fingerprint density at radius 3 is 2.70 bits per heavy atom. The number of hydrogen-bond donors (Lipinski definition) is 2. The first-order valence-electron chi connectivity index (χ1n) is 7.42. The molecule has 2 unspecified atom stereocenters. The molecule has 3 N–H and O–H groups in total. The molecule has 20 heavy (non-hydrogen) atoms. The molecule has 2 rings (SSSR count). The van der Waals surface area contributed by atoms with E-state index < -0.39 is 6.10 Å². The molecule has 1 aromatic carbocycles. The van der Waals surface area contributed by atoms with Gasteiger partial charge in [-0.3, -0.25) is 0 Å². The lowest BCUT2D eigenvalue weighted by atomic mass is 10.0. The van der Waals surface area contributed by atoms with E-state index in [0.29, 0.717) is 17.2 Å². The fourth-order valence-electron chi connectivity index (χ4n) is 2.86. The van der Waals surface area contributed by atoms with Gasteiger partial charge in [0.15, 0.2) is 0 Å². The maximum atomic E-state index is 13.7. The highest BCUT2D eigenvalue weighted by Gasteiger charge is 2.19. The molecule has 112 valence electrons. The molecule has 3 nitrogen and oxygen atoms in total. The van der Waals surface area contributed by atoms with Gasteiger partial charge in [0, 0.05) is 17.7 Å². The molecule has 0 aliphatic heterocycles. The molecule has 0 radical (unpaired) electrons. The third kappa shape index (κ3) is 4.18. The molecule has 0 saturated heterocycles. The highest BCUT2D eigenvalue weighted by atomic mass is 19.1. The molecule has 1 aliphatic rings. The number of nitrogens with two attached hydrogens (primary N) is 1. The average Bonchev–Trinajstić information content (AvgIpc) is 2.89. The second-order valence-corrected chi connectivity index (χ2v) is 5.82. The van der Waals surface area contributed by atoms with E-state index >= 15 is 0 Å². The van der Waals surface area contributed by atoms with Gasteiger partial charge in [0.05, 0.1) is 6.10 Å². The Kier molecular flexibility index (Phi) is 5.38. The summed E-state index contributed by atoms with van der Waals surface area (Å²) in [5, 5.41) is 9.94. The minimum absolute atomic E-state index is 0.216. The Hall–Kier alpha value is -1.13. The highest BCUT2D eigenvalue weighted by molar-refractivity contribution is 5.30. The predicted molar refractivity (Wildman–Crippen MR) is 77.1 cm³/mol.